The van der Waals surface area contributed by atoms with Crippen molar-refractivity contribution in [2.24, 2.45) is 5.92 Å². The van der Waals surface area contributed by atoms with Gasteiger partial charge in [0.1, 0.15) is 6.10 Å². The van der Waals surface area contributed by atoms with E-state index in [9.17, 15) is 31.5 Å². The Hall–Kier alpha value is -3.48. The SMILES string of the molecule is COc1c([C@H]2[C@H](C(=O)Nc3cnn4c(=O)[nH]ccc34)O[C@@](C)(C(F)(F)F)[C@H]2C)ccc(F)c1F. The Kier molecular flexibility index (Phi) is 5.62. The van der Waals surface area contributed by atoms with Crippen LogP contribution in [0, 0.1) is 17.6 Å². The molecule has 1 aliphatic heterocycles. The van der Waals surface area contributed by atoms with Crippen molar-refractivity contribution in [1.29, 1.82) is 0 Å². The number of nitrogens with one attached hydrogen (secondary N) is 2. The number of alkyl halides is 3. The summed E-state index contributed by atoms with van der Waals surface area (Å²) in [4.78, 5) is 27.4. The second kappa shape index (κ2) is 8.08. The van der Waals surface area contributed by atoms with Crippen LogP contribution in [-0.4, -0.2) is 45.5 Å². The van der Waals surface area contributed by atoms with E-state index in [1.165, 1.54) is 19.2 Å². The number of carbonyl (C=O) groups is 1. The van der Waals surface area contributed by atoms with E-state index in [1.807, 2.05) is 0 Å². The van der Waals surface area contributed by atoms with Gasteiger partial charge in [0.05, 0.1) is 24.5 Å². The summed E-state index contributed by atoms with van der Waals surface area (Å²) in [6, 6.07) is 3.24. The third kappa shape index (κ3) is 3.50. The van der Waals surface area contributed by atoms with E-state index >= 15 is 0 Å². The summed E-state index contributed by atoms with van der Waals surface area (Å²) in [6.45, 7) is 2.00. The lowest BCUT2D eigenvalue weighted by atomic mass is 9.77. The molecule has 0 radical (unpaired) electrons. The largest absolute Gasteiger partial charge is 0.493 e. The van der Waals surface area contributed by atoms with Crippen molar-refractivity contribution in [3.63, 3.8) is 0 Å². The fourth-order valence-corrected chi connectivity index (χ4v) is 4.27. The number of nitrogens with zero attached hydrogens (tertiary/aromatic N) is 2. The van der Waals surface area contributed by atoms with Crippen molar-refractivity contribution < 1.29 is 36.2 Å². The molecular weight excluding hydrogens is 467 g/mol. The Labute approximate surface area is 188 Å². The highest BCUT2D eigenvalue weighted by Crippen LogP contribution is 2.55. The van der Waals surface area contributed by atoms with E-state index in [2.05, 4.69) is 15.4 Å². The number of amides is 1. The maximum absolute atomic E-state index is 14.4. The van der Waals surface area contributed by atoms with Gasteiger partial charge in [0.2, 0.25) is 5.82 Å². The average molecular weight is 486 g/mol. The molecule has 182 valence electrons. The van der Waals surface area contributed by atoms with Gasteiger partial charge >= 0.3 is 11.9 Å². The van der Waals surface area contributed by atoms with Crippen molar-refractivity contribution in [2.45, 2.75) is 37.6 Å². The fraction of sp³-hybridized carbons (Fsp3) is 0.381. The summed E-state index contributed by atoms with van der Waals surface area (Å²) in [7, 11) is 1.04. The van der Waals surface area contributed by atoms with Gasteiger partial charge in [0.15, 0.2) is 17.2 Å². The van der Waals surface area contributed by atoms with Crippen LogP contribution in [0.2, 0.25) is 0 Å². The summed E-state index contributed by atoms with van der Waals surface area (Å²) in [5.74, 6) is -7.02. The Balaban J connectivity index is 1.80. The van der Waals surface area contributed by atoms with Gasteiger partial charge in [-0.05, 0) is 19.1 Å². The molecule has 1 amide bonds. The van der Waals surface area contributed by atoms with Crippen LogP contribution in [0.25, 0.3) is 5.52 Å². The first-order valence-electron chi connectivity index (χ1n) is 10.0. The third-order valence-electron chi connectivity index (χ3n) is 6.28. The molecule has 2 N–H and O–H groups in total. The molecule has 0 bridgehead atoms. The van der Waals surface area contributed by atoms with Crippen molar-refractivity contribution in [3.8, 4) is 5.75 Å². The smallest absolute Gasteiger partial charge is 0.417 e. The number of aromatic amines is 1. The van der Waals surface area contributed by atoms with Gasteiger partial charge < -0.3 is 19.8 Å². The molecule has 3 heterocycles. The molecule has 8 nitrogen and oxygen atoms in total. The van der Waals surface area contributed by atoms with Gasteiger partial charge in [-0.25, -0.2) is 9.18 Å². The molecule has 1 saturated heterocycles. The Morgan fingerprint density at radius 1 is 1.29 bits per heavy atom. The second-order valence-electron chi connectivity index (χ2n) is 8.07. The number of fused-ring (bicyclic) bond motifs is 1. The van der Waals surface area contributed by atoms with Gasteiger partial charge in [-0.3, -0.25) is 4.79 Å². The molecule has 1 fully saturated rings. The molecule has 4 rings (SSSR count). The highest BCUT2D eigenvalue weighted by atomic mass is 19.4. The molecule has 4 atom stereocenters. The molecule has 0 aliphatic carbocycles. The Morgan fingerprint density at radius 2 is 2.00 bits per heavy atom. The van der Waals surface area contributed by atoms with E-state index in [4.69, 9.17) is 9.47 Å². The zero-order valence-corrected chi connectivity index (χ0v) is 18.0. The molecule has 0 spiro atoms. The topological polar surface area (TPSA) is 97.7 Å². The van der Waals surface area contributed by atoms with Crippen LogP contribution < -0.4 is 15.7 Å². The Morgan fingerprint density at radius 3 is 2.65 bits per heavy atom. The van der Waals surface area contributed by atoms with Crippen LogP contribution in [0.4, 0.5) is 27.6 Å². The van der Waals surface area contributed by atoms with Crippen molar-refractivity contribution in [1.82, 2.24) is 14.6 Å². The molecule has 0 unspecified atom stereocenters. The van der Waals surface area contributed by atoms with Crippen LogP contribution >= 0.6 is 0 Å². The number of hydrogen-bond donors (Lipinski definition) is 2. The number of H-pyrrole nitrogens is 1. The highest BCUT2D eigenvalue weighted by Gasteiger charge is 2.66. The molecule has 1 aliphatic rings. The molecule has 34 heavy (non-hydrogen) atoms. The summed E-state index contributed by atoms with van der Waals surface area (Å²) in [5, 5.41) is 6.26. The number of methoxy groups -OCH3 is 1. The van der Waals surface area contributed by atoms with Crippen molar-refractivity contribution >= 4 is 17.1 Å². The Bertz CT molecular complexity index is 1320. The minimum Gasteiger partial charge on any atom is -0.493 e. The number of halogens is 5. The van der Waals surface area contributed by atoms with E-state index in [0.717, 1.165) is 36.9 Å². The maximum Gasteiger partial charge on any atom is 0.417 e. The van der Waals surface area contributed by atoms with Crippen molar-refractivity contribution in [3.05, 3.63) is 58.3 Å². The lowest BCUT2D eigenvalue weighted by Gasteiger charge is -2.32. The fourth-order valence-electron chi connectivity index (χ4n) is 4.27. The van der Waals surface area contributed by atoms with Gasteiger partial charge in [-0.1, -0.05) is 13.0 Å². The molecule has 0 saturated carbocycles. The first-order valence-corrected chi connectivity index (χ1v) is 10.0. The summed E-state index contributed by atoms with van der Waals surface area (Å²) in [6.07, 6.45) is -4.20. The average Bonchev–Trinajstić information content (AvgIpc) is 3.30. The number of carbonyl (C=O) groups excluding carboxylic acids is 1. The number of anilines is 1. The van der Waals surface area contributed by atoms with E-state index in [1.54, 1.807) is 0 Å². The van der Waals surface area contributed by atoms with Gasteiger partial charge in [0, 0.05) is 23.6 Å². The monoisotopic (exact) mass is 486 g/mol. The minimum absolute atomic E-state index is 0.0453. The number of ether oxygens (including phenoxy) is 2. The van der Waals surface area contributed by atoms with Crippen LogP contribution in [0.3, 0.4) is 0 Å². The number of benzene rings is 1. The second-order valence-corrected chi connectivity index (χ2v) is 8.07. The maximum atomic E-state index is 14.4. The van der Waals surface area contributed by atoms with E-state index in [-0.39, 0.29) is 16.8 Å². The van der Waals surface area contributed by atoms with Crippen molar-refractivity contribution in [2.75, 3.05) is 12.4 Å². The number of aromatic nitrogens is 3. The predicted octanol–water partition coefficient (Wildman–Crippen LogP) is 3.39. The lowest BCUT2D eigenvalue weighted by Crippen LogP contribution is -2.47. The molecule has 3 aromatic rings. The van der Waals surface area contributed by atoms with E-state index < -0.39 is 58.7 Å². The first-order chi connectivity index (χ1) is 15.9. The van der Waals surface area contributed by atoms with E-state index in [0.29, 0.717) is 0 Å². The zero-order chi connectivity index (χ0) is 25.0. The first kappa shape index (κ1) is 23.7. The summed E-state index contributed by atoms with van der Waals surface area (Å²) >= 11 is 0. The normalized spacial score (nSPS) is 25.0. The zero-order valence-electron chi connectivity index (χ0n) is 18.0. The van der Waals surface area contributed by atoms with Crippen LogP contribution in [0.15, 0.2) is 35.4 Å². The highest BCUT2D eigenvalue weighted by molar-refractivity contribution is 5.98. The molecule has 1 aromatic carbocycles. The van der Waals surface area contributed by atoms with Crippen LogP contribution in [0.5, 0.6) is 5.75 Å². The van der Waals surface area contributed by atoms with Gasteiger partial charge in [0.25, 0.3) is 5.91 Å². The van der Waals surface area contributed by atoms with Crippen LogP contribution in [0.1, 0.15) is 25.3 Å². The summed E-state index contributed by atoms with van der Waals surface area (Å²) < 4.78 is 81.4. The molecule has 2 aromatic heterocycles. The lowest BCUT2D eigenvalue weighted by molar-refractivity contribution is -0.272. The quantitative estimate of drug-likeness (QED) is 0.551. The number of rotatable bonds is 4. The predicted molar refractivity (Wildman–Crippen MR) is 109 cm³/mol. The standard InChI is InChI=1S/C21H19F5N4O4/c1-9-14(10-4-5-11(22)15(23)16(10)33-3)17(34-20(9,2)21(24,25)26)18(31)29-12-8-28-30-13(12)6-7-27-19(30)32/h4-9,14,17H,1-3H3,(H,27,32)(H,29,31)/t9-,14-,17+,20+/m0/s1. The number of hydrogen-bond acceptors (Lipinski definition) is 5. The minimum atomic E-state index is -4.89. The van der Waals surface area contributed by atoms with Crippen LogP contribution in [-0.2, 0) is 9.53 Å². The summed E-state index contributed by atoms with van der Waals surface area (Å²) in [5.41, 5.74) is -3.31. The van der Waals surface area contributed by atoms with Gasteiger partial charge in [-0.2, -0.15) is 27.2 Å². The molecular formula is C21H19F5N4O4. The van der Waals surface area contributed by atoms with Gasteiger partial charge in [-0.15, -0.1) is 0 Å². The third-order valence-corrected chi connectivity index (χ3v) is 6.28. The molecule has 13 heteroatoms.